The molecule has 2 N–H and O–H groups in total. The van der Waals surface area contributed by atoms with Crippen LogP contribution in [0.5, 0.6) is 0 Å². The lowest BCUT2D eigenvalue weighted by Gasteiger charge is -2.11. The first-order chi connectivity index (χ1) is 7.25. The van der Waals surface area contributed by atoms with Crippen LogP contribution in [0.3, 0.4) is 0 Å². The fourth-order valence-corrected chi connectivity index (χ4v) is 1.86. The van der Waals surface area contributed by atoms with E-state index in [0.717, 1.165) is 25.1 Å². The van der Waals surface area contributed by atoms with Gasteiger partial charge < -0.3 is 10.6 Å². The Morgan fingerprint density at radius 3 is 3.07 bits per heavy atom. The van der Waals surface area contributed by atoms with Crippen molar-refractivity contribution in [1.29, 1.82) is 0 Å². The Hall–Kier alpha value is -0.640. The summed E-state index contributed by atoms with van der Waals surface area (Å²) in [6, 6.07) is 5.43. The molecule has 2 nitrogen and oxygen atoms in total. The van der Waals surface area contributed by atoms with Gasteiger partial charge in [0.15, 0.2) is 0 Å². The van der Waals surface area contributed by atoms with Gasteiger partial charge in [-0.2, -0.15) is 0 Å². The Morgan fingerprint density at radius 2 is 2.40 bits per heavy atom. The van der Waals surface area contributed by atoms with Crippen LogP contribution in [0.15, 0.2) is 18.2 Å². The van der Waals surface area contributed by atoms with Gasteiger partial charge in [-0.05, 0) is 30.7 Å². The molecule has 1 aromatic carbocycles. The largest absolute Gasteiger partial charge is 0.315 e. The molecule has 1 aliphatic heterocycles. The van der Waals surface area contributed by atoms with E-state index < -0.39 is 0 Å². The summed E-state index contributed by atoms with van der Waals surface area (Å²) in [5.41, 5.74) is 0.934. The highest BCUT2D eigenvalue weighted by Crippen LogP contribution is 2.15. The van der Waals surface area contributed by atoms with E-state index in [2.05, 4.69) is 10.6 Å². The third kappa shape index (κ3) is 2.91. The molecule has 0 aliphatic carbocycles. The van der Waals surface area contributed by atoms with Crippen molar-refractivity contribution >= 4 is 11.6 Å². The molecular formula is C11H14ClFN2. The zero-order valence-corrected chi connectivity index (χ0v) is 9.15. The number of nitrogens with one attached hydrogen (secondary N) is 2. The second-order valence-corrected chi connectivity index (χ2v) is 4.23. The van der Waals surface area contributed by atoms with Gasteiger partial charge in [-0.15, -0.1) is 0 Å². The summed E-state index contributed by atoms with van der Waals surface area (Å²) in [5.74, 6) is -0.347. The molecule has 2 rings (SSSR count). The summed E-state index contributed by atoms with van der Waals surface area (Å²) in [7, 11) is 0. The van der Waals surface area contributed by atoms with Crippen LogP contribution >= 0.6 is 11.6 Å². The highest BCUT2D eigenvalue weighted by molar-refractivity contribution is 6.30. The molecule has 0 saturated carbocycles. The van der Waals surface area contributed by atoms with Crippen molar-refractivity contribution in [2.45, 2.75) is 19.0 Å². The first kappa shape index (κ1) is 10.9. The summed E-state index contributed by atoms with van der Waals surface area (Å²) in [6.07, 6.45) is 1.13. The van der Waals surface area contributed by atoms with Crippen LogP contribution in [0, 0.1) is 5.82 Å². The summed E-state index contributed by atoms with van der Waals surface area (Å²) in [5, 5.41) is 6.83. The van der Waals surface area contributed by atoms with Crippen molar-refractivity contribution in [3.8, 4) is 0 Å². The van der Waals surface area contributed by atoms with Crippen LogP contribution < -0.4 is 10.6 Å². The van der Waals surface area contributed by atoms with E-state index in [1.54, 1.807) is 6.07 Å². The molecule has 1 aromatic rings. The lowest BCUT2D eigenvalue weighted by molar-refractivity contribution is 0.544. The minimum atomic E-state index is -0.347. The second kappa shape index (κ2) is 4.92. The van der Waals surface area contributed by atoms with Gasteiger partial charge in [0.2, 0.25) is 0 Å². The predicted octanol–water partition coefficient (Wildman–Crippen LogP) is 1.93. The minimum Gasteiger partial charge on any atom is -0.315 e. The SMILES string of the molecule is Fc1cc(CNC2CCNC2)ccc1Cl. The maximum absolute atomic E-state index is 13.1. The molecule has 1 fully saturated rings. The van der Waals surface area contributed by atoms with Gasteiger partial charge in [0, 0.05) is 19.1 Å². The van der Waals surface area contributed by atoms with Gasteiger partial charge in [0.05, 0.1) is 5.02 Å². The fourth-order valence-electron chi connectivity index (χ4n) is 1.74. The fraction of sp³-hybridized carbons (Fsp3) is 0.455. The van der Waals surface area contributed by atoms with E-state index in [-0.39, 0.29) is 10.8 Å². The lowest BCUT2D eigenvalue weighted by Crippen LogP contribution is -2.30. The van der Waals surface area contributed by atoms with E-state index in [9.17, 15) is 4.39 Å². The third-order valence-corrected chi connectivity index (χ3v) is 2.95. The van der Waals surface area contributed by atoms with E-state index >= 15 is 0 Å². The maximum atomic E-state index is 13.1. The molecule has 0 bridgehead atoms. The van der Waals surface area contributed by atoms with Crippen molar-refractivity contribution in [2.75, 3.05) is 13.1 Å². The van der Waals surface area contributed by atoms with Gasteiger partial charge >= 0.3 is 0 Å². The summed E-state index contributed by atoms with van der Waals surface area (Å²) in [4.78, 5) is 0. The third-order valence-electron chi connectivity index (χ3n) is 2.64. The molecular weight excluding hydrogens is 215 g/mol. The number of halogens is 2. The van der Waals surface area contributed by atoms with Crippen molar-refractivity contribution in [3.63, 3.8) is 0 Å². The normalized spacial score (nSPS) is 20.8. The van der Waals surface area contributed by atoms with Crippen molar-refractivity contribution in [3.05, 3.63) is 34.6 Å². The van der Waals surface area contributed by atoms with Gasteiger partial charge in [-0.1, -0.05) is 17.7 Å². The molecule has 0 spiro atoms. The topological polar surface area (TPSA) is 24.1 Å². The highest BCUT2D eigenvalue weighted by Gasteiger charge is 2.13. The number of rotatable bonds is 3. The Morgan fingerprint density at radius 1 is 1.53 bits per heavy atom. The van der Waals surface area contributed by atoms with Crippen LogP contribution in [-0.4, -0.2) is 19.1 Å². The van der Waals surface area contributed by atoms with E-state index in [0.29, 0.717) is 12.6 Å². The van der Waals surface area contributed by atoms with Crippen LogP contribution in [0.4, 0.5) is 4.39 Å². The summed E-state index contributed by atoms with van der Waals surface area (Å²) < 4.78 is 13.1. The predicted molar refractivity (Wildman–Crippen MR) is 59.5 cm³/mol. The Labute approximate surface area is 93.8 Å². The van der Waals surface area contributed by atoms with Crippen molar-refractivity contribution < 1.29 is 4.39 Å². The molecule has 0 amide bonds. The second-order valence-electron chi connectivity index (χ2n) is 3.82. The van der Waals surface area contributed by atoms with E-state index in [1.165, 1.54) is 6.07 Å². The molecule has 0 aromatic heterocycles. The van der Waals surface area contributed by atoms with Gasteiger partial charge in [0.25, 0.3) is 0 Å². The van der Waals surface area contributed by atoms with Gasteiger partial charge in [0.1, 0.15) is 5.82 Å². The van der Waals surface area contributed by atoms with Crippen LogP contribution in [0.25, 0.3) is 0 Å². The van der Waals surface area contributed by atoms with E-state index in [4.69, 9.17) is 11.6 Å². The monoisotopic (exact) mass is 228 g/mol. The van der Waals surface area contributed by atoms with Crippen molar-refractivity contribution in [1.82, 2.24) is 10.6 Å². The average Bonchev–Trinajstić information content (AvgIpc) is 2.73. The zero-order valence-electron chi connectivity index (χ0n) is 8.39. The molecule has 1 saturated heterocycles. The Kier molecular flexibility index (Phi) is 3.57. The van der Waals surface area contributed by atoms with Crippen LogP contribution in [0.1, 0.15) is 12.0 Å². The molecule has 1 heterocycles. The van der Waals surface area contributed by atoms with Gasteiger partial charge in [-0.25, -0.2) is 4.39 Å². The molecule has 4 heteroatoms. The molecule has 15 heavy (non-hydrogen) atoms. The highest BCUT2D eigenvalue weighted by atomic mass is 35.5. The number of benzene rings is 1. The summed E-state index contributed by atoms with van der Waals surface area (Å²) in [6.45, 7) is 2.75. The first-order valence-corrected chi connectivity index (χ1v) is 5.51. The molecule has 82 valence electrons. The number of hydrogen-bond donors (Lipinski definition) is 2. The molecule has 1 aliphatic rings. The standard InChI is InChI=1S/C11H14ClFN2/c12-10-2-1-8(5-11(10)13)6-15-9-3-4-14-7-9/h1-2,5,9,14-15H,3-4,6-7H2. The molecule has 1 atom stereocenters. The summed E-state index contributed by atoms with van der Waals surface area (Å²) >= 11 is 5.60. The molecule has 1 unspecified atom stereocenters. The molecule has 0 radical (unpaired) electrons. The van der Waals surface area contributed by atoms with E-state index in [1.807, 2.05) is 6.07 Å². The zero-order chi connectivity index (χ0) is 10.7. The van der Waals surface area contributed by atoms with Crippen LogP contribution in [0.2, 0.25) is 5.02 Å². The van der Waals surface area contributed by atoms with Crippen LogP contribution in [-0.2, 0) is 6.54 Å². The Balaban J connectivity index is 1.90. The van der Waals surface area contributed by atoms with Gasteiger partial charge in [-0.3, -0.25) is 0 Å². The lowest BCUT2D eigenvalue weighted by atomic mass is 10.2. The number of hydrogen-bond acceptors (Lipinski definition) is 2. The first-order valence-electron chi connectivity index (χ1n) is 5.14. The quantitative estimate of drug-likeness (QED) is 0.826. The minimum absolute atomic E-state index is 0.182. The smallest absolute Gasteiger partial charge is 0.142 e. The maximum Gasteiger partial charge on any atom is 0.142 e. The average molecular weight is 229 g/mol. The van der Waals surface area contributed by atoms with Crippen molar-refractivity contribution in [2.24, 2.45) is 0 Å². The Bertz CT molecular complexity index is 337.